The van der Waals surface area contributed by atoms with Crippen molar-refractivity contribution >= 4 is 28.6 Å². The lowest BCUT2D eigenvalue weighted by Gasteiger charge is -2.06. The molecular weight excluding hydrogens is 326 g/mol. The number of carbonyl (C=O) groups excluding carboxylic acids is 1. The third kappa shape index (κ3) is 2.87. The van der Waals surface area contributed by atoms with E-state index in [9.17, 15) is 4.79 Å². The van der Waals surface area contributed by atoms with E-state index in [1.165, 1.54) is 6.20 Å². The van der Waals surface area contributed by atoms with E-state index in [0.717, 1.165) is 24.2 Å². The van der Waals surface area contributed by atoms with Crippen molar-refractivity contribution in [1.29, 1.82) is 0 Å². The molecule has 2 aromatic heterocycles. The lowest BCUT2D eigenvalue weighted by molar-refractivity contribution is 0.0526. The van der Waals surface area contributed by atoms with E-state index >= 15 is 0 Å². The van der Waals surface area contributed by atoms with Gasteiger partial charge in [-0.1, -0.05) is 48.9 Å². The highest BCUT2D eigenvalue weighted by atomic mass is 35.5. The van der Waals surface area contributed by atoms with Crippen LogP contribution < -0.4 is 0 Å². The molecule has 2 heterocycles. The van der Waals surface area contributed by atoms with Gasteiger partial charge in [0.1, 0.15) is 5.69 Å². The first kappa shape index (κ1) is 16.5. The van der Waals surface area contributed by atoms with Gasteiger partial charge in [0, 0.05) is 18.3 Å². The second kappa shape index (κ2) is 7.01. The summed E-state index contributed by atoms with van der Waals surface area (Å²) < 4.78 is 6.90. The van der Waals surface area contributed by atoms with Crippen molar-refractivity contribution in [2.24, 2.45) is 0 Å². The highest BCUT2D eigenvalue weighted by Crippen LogP contribution is 2.34. The molecule has 0 atom stereocenters. The Morgan fingerprint density at radius 2 is 2.00 bits per heavy atom. The Kier molecular flexibility index (Phi) is 4.81. The number of hydrogen-bond acceptors (Lipinski definition) is 4. The number of halogens is 1. The molecule has 0 unspecified atom stereocenters. The Balaban J connectivity index is 2.26. The SMILES string of the molecule is CCCn1nc(-c2ccccc2)c2c(Cl)c(C(=O)OCC)cnc21. The molecule has 3 aromatic rings. The quantitative estimate of drug-likeness (QED) is 0.647. The van der Waals surface area contributed by atoms with Crippen LogP contribution in [0.4, 0.5) is 0 Å². The van der Waals surface area contributed by atoms with Crippen molar-refractivity contribution in [2.45, 2.75) is 26.8 Å². The Morgan fingerprint density at radius 1 is 1.25 bits per heavy atom. The Hall–Kier alpha value is -2.40. The van der Waals surface area contributed by atoms with E-state index in [1.807, 2.05) is 35.0 Å². The van der Waals surface area contributed by atoms with Crippen molar-refractivity contribution in [1.82, 2.24) is 14.8 Å². The number of pyridine rings is 1. The predicted octanol–water partition coefficient (Wildman–Crippen LogP) is 4.34. The van der Waals surface area contributed by atoms with E-state index in [-0.39, 0.29) is 12.2 Å². The summed E-state index contributed by atoms with van der Waals surface area (Å²) in [4.78, 5) is 16.5. The number of rotatable bonds is 5. The molecule has 0 fully saturated rings. The van der Waals surface area contributed by atoms with Crippen LogP contribution in [0.1, 0.15) is 30.6 Å². The van der Waals surface area contributed by atoms with Gasteiger partial charge < -0.3 is 4.74 Å². The zero-order chi connectivity index (χ0) is 17.1. The first-order valence-electron chi connectivity index (χ1n) is 7.94. The zero-order valence-electron chi connectivity index (χ0n) is 13.6. The summed E-state index contributed by atoms with van der Waals surface area (Å²) in [7, 11) is 0. The maximum atomic E-state index is 12.1. The second-order valence-corrected chi connectivity index (χ2v) is 5.72. The van der Waals surface area contributed by atoms with Gasteiger partial charge in [-0.25, -0.2) is 14.5 Å². The summed E-state index contributed by atoms with van der Waals surface area (Å²) in [5.41, 5.74) is 2.60. The summed E-state index contributed by atoms with van der Waals surface area (Å²) in [6.07, 6.45) is 2.38. The molecule has 0 saturated heterocycles. The van der Waals surface area contributed by atoms with Gasteiger partial charge in [-0.15, -0.1) is 0 Å². The number of carbonyl (C=O) groups is 1. The van der Waals surface area contributed by atoms with Crippen LogP contribution in [0, 0.1) is 0 Å². The molecule has 6 heteroatoms. The largest absolute Gasteiger partial charge is 0.462 e. The maximum Gasteiger partial charge on any atom is 0.341 e. The Bertz CT molecular complexity index is 875. The number of aryl methyl sites for hydroxylation is 1. The molecule has 0 aliphatic heterocycles. The van der Waals surface area contributed by atoms with E-state index in [2.05, 4.69) is 17.0 Å². The molecule has 0 bridgehead atoms. The number of aromatic nitrogens is 3. The van der Waals surface area contributed by atoms with Gasteiger partial charge in [-0.05, 0) is 13.3 Å². The molecule has 3 rings (SSSR count). The summed E-state index contributed by atoms with van der Waals surface area (Å²) >= 11 is 6.55. The molecule has 0 saturated carbocycles. The van der Waals surface area contributed by atoms with Crippen LogP contribution >= 0.6 is 11.6 Å². The van der Waals surface area contributed by atoms with Crippen molar-refractivity contribution in [3.05, 3.63) is 47.1 Å². The van der Waals surface area contributed by atoms with E-state index in [4.69, 9.17) is 16.3 Å². The van der Waals surface area contributed by atoms with Crippen LogP contribution in [0.15, 0.2) is 36.5 Å². The van der Waals surface area contributed by atoms with Crippen molar-refractivity contribution in [3.8, 4) is 11.3 Å². The summed E-state index contributed by atoms with van der Waals surface area (Å²) in [6, 6.07) is 9.75. The minimum absolute atomic E-state index is 0.263. The van der Waals surface area contributed by atoms with Gasteiger partial charge >= 0.3 is 5.97 Å². The molecule has 0 aliphatic rings. The minimum atomic E-state index is -0.473. The molecule has 0 aliphatic carbocycles. The maximum absolute atomic E-state index is 12.1. The summed E-state index contributed by atoms with van der Waals surface area (Å²) in [6.45, 7) is 4.84. The van der Waals surface area contributed by atoms with Gasteiger partial charge in [0.25, 0.3) is 0 Å². The van der Waals surface area contributed by atoms with Crippen LogP contribution in [0.3, 0.4) is 0 Å². The van der Waals surface area contributed by atoms with Crippen LogP contribution in [-0.2, 0) is 11.3 Å². The molecule has 0 amide bonds. The predicted molar refractivity (Wildman–Crippen MR) is 94.2 cm³/mol. The number of hydrogen-bond donors (Lipinski definition) is 0. The van der Waals surface area contributed by atoms with Gasteiger partial charge in [0.2, 0.25) is 0 Å². The fraction of sp³-hybridized carbons (Fsp3) is 0.278. The Labute approximate surface area is 145 Å². The highest BCUT2D eigenvalue weighted by Gasteiger charge is 2.22. The lowest BCUT2D eigenvalue weighted by atomic mass is 10.1. The number of esters is 1. The fourth-order valence-electron chi connectivity index (χ4n) is 2.62. The highest BCUT2D eigenvalue weighted by molar-refractivity contribution is 6.39. The van der Waals surface area contributed by atoms with Crippen LogP contribution in [0.2, 0.25) is 5.02 Å². The fourth-order valence-corrected chi connectivity index (χ4v) is 2.92. The minimum Gasteiger partial charge on any atom is -0.462 e. The summed E-state index contributed by atoms with van der Waals surface area (Å²) in [5, 5.41) is 5.69. The number of ether oxygens (including phenoxy) is 1. The average molecular weight is 344 g/mol. The third-order valence-corrected chi connectivity index (χ3v) is 4.07. The van der Waals surface area contributed by atoms with Gasteiger partial charge in [0.15, 0.2) is 5.65 Å². The number of benzene rings is 1. The third-order valence-electron chi connectivity index (χ3n) is 3.68. The molecule has 124 valence electrons. The van der Waals surface area contributed by atoms with E-state index < -0.39 is 5.97 Å². The zero-order valence-corrected chi connectivity index (χ0v) is 14.4. The van der Waals surface area contributed by atoms with Crippen molar-refractivity contribution in [3.63, 3.8) is 0 Å². The number of fused-ring (bicyclic) bond motifs is 1. The van der Waals surface area contributed by atoms with Gasteiger partial charge in [-0.2, -0.15) is 5.10 Å². The average Bonchev–Trinajstić information content (AvgIpc) is 2.96. The molecule has 5 nitrogen and oxygen atoms in total. The first-order chi connectivity index (χ1) is 11.7. The van der Waals surface area contributed by atoms with Crippen LogP contribution in [0.5, 0.6) is 0 Å². The Morgan fingerprint density at radius 3 is 2.67 bits per heavy atom. The molecule has 1 aromatic carbocycles. The smallest absolute Gasteiger partial charge is 0.341 e. The molecule has 0 radical (unpaired) electrons. The van der Waals surface area contributed by atoms with Crippen LogP contribution in [-0.4, -0.2) is 27.3 Å². The topological polar surface area (TPSA) is 57.0 Å². The second-order valence-electron chi connectivity index (χ2n) is 5.34. The van der Waals surface area contributed by atoms with Crippen LogP contribution in [0.25, 0.3) is 22.3 Å². The van der Waals surface area contributed by atoms with E-state index in [1.54, 1.807) is 6.92 Å². The van der Waals surface area contributed by atoms with E-state index in [0.29, 0.717) is 16.1 Å². The summed E-state index contributed by atoms with van der Waals surface area (Å²) in [5.74, 6) is -0.473. The molecule has 0 N–H and O–H groups in total. The normalized spacial score (nSPS) is 11.0. The van der Waals surface area contributed by atoms with Gasteiger partial charge in [0.05, 0.1) is 22.6 Å². The molecule has 0 spiro atoms. The molecular formula is C18H18ClN3O2. The monoisotopic (exact) mass is 343 g/mol. The van der Waals surface area contributed by atoms with Gasteiger partial charge in [-0.3, -0.25) is 0 Å². The molecule has 24 heavy (non-hydrogen) atoms. The number of nitrogens with zero attached hydrogens (tertiary/aromatic N) is 3. The van der Waals surface area contributed by atoms with Crippen molar-refractivity contribution in [2.75, 3.05) is 6.61 Å². The lowest BCUT2D eigenvalue weighted by Crippen LogP contribution is -2.07. The van der Waals surface area contributed by atoms with Crippen molar-refractivity contribution < 1.29 is 9.53 Å². The first-order valence-corrected chi connectivity index (χ1v) is 8.32. The standard InChI is InChI=1S/C18H18ClN3O2/c1-3-10-22-17-14(16(21-22)12-8-6-5-7-9-12)15(19)13(11-20-17)18(23)24-4-2/h5-9,11H,3-4,10H2,1-2H3.